The van der Waals surface area contributed by atoms with Crippen molar-refractivity contribution in [3.8, 4) is 0 Å². The van der Waals surface area contributed by atoms with Crippen LogP contribution in [0, 0.1) is 4.77 Å². The lowest BCUT2D eigenvalue weighted by atomic mass is 10.2. The molecule has 7 nitrogen and oxygen atoms in total. The molecule has 1 aromatic carbocycles. The first kappa shape index (κ1) is 9.04. The van der Waals surface area contributed by atoms with Crippen molar-refractivity contribution in [1.82, 2.24) is 30.6 Å². The summed E-state index contributed by atoms with van der Waals surface area (Å²) >= 11 is 4.86. The SMILES string of the molecule is S=c1nc(Nc2cccc3n[nH]nc23)[nH][nH]1. The lowest BCUT2D eigenvalue weighted by Crippen LogP contribution is -1.93. The first-order chi connectivity index (χ1) is 7.83. The average molecular weight is 233 g/mol. The molecule has 2 heterocycles. The number of rotatable bonds is 2. The van der Waals surface area contributed by atoms with Crippen molar-refractivity contribution in [2.75, 3.05) is 5.32 Å². The summed E-state index contributed by atoms with van der Waals surface area (Å²) in [7, 11) is 0. The van der Waals surface area contributed by atoms with E-state index in [1.807, 2.05) is 18.2 Å². The maximum atomic E-state index is 4.86. The van der Waals surface area contributed by atoms with Gasteiger partial charge in [-0.15, -0.1) is 0 Å². The predicted octanol–water partition coefficient (Wildman–Crippen LogP) is 1.48. The number of aromatic nitrogens is 6. The molecular formula is C8H7N7S. The molecule has 0 atom stereocenters. The second-order valence-electron chi connectivity index (χ2n) is 3.14. The molecule has 3 aromatic rings. The minimum absolute atomic E-state index is 0.398. The Morgan fingerprint density at radius 3 is 2.94 bits per heavy atom. The summed E-state index contributed by atoms with van der Waals surface area (Å²) in [6.45, 7) is 0. The molecule has 3 rings (SSSR count). The van der Waals surface area contributed by atoms with E-state index in [4.69, 9.17) is 12.2 Å². The van der Waals surface area contributed by atoms with Crippen LogP contribution in [0.1, 0.15) is 0 Å². The van der Waals surface area contributed by atoms with Gasteiger partial charge in [-0.05, 0) is 24.4 Å². The number of fused-ring (bicyclic) bond motifs is 1. The molecule has 2 aromatic heterocycles. The van der Waals surface area contributed by atoms with Gasteiger partial charge in [-0.3, -0.25) is 10.2 Å². The van der Waals surface area contributed by atoms with Gasteiger partial charge in [0, 0.05) is 0 Å². The zero-order valence-electron chi connectivity index (χ0n) is 7.98. The number of para-hydroxylation sites is 1. The van der Waals surface area contributed by atoms with Crippen LogP contribution in [0.3, 0.4) is 0 Å². The number of hydrogen-bond acceptors (Lipinski definition) is 5. The second-order valence-corrected chi connectivity index (χ2v) is 3.52. The minimum Gasteiger partial charge on any atom is -0.323 e. The summed E-state index contributed by atoms with van der Waals surface area (Å²) in [6, 6.07) is 5.64. The van der Waals surface area contributed by atoms with Crippen molar-refractivity contribution in [1.29, 1.82) is 0 Å². The number of aromatic amines is 3. The van der Waals surface area contributed by atoms with E-state index >= 15 is 0 Å². The van der Waals surface area contributed by atoms with Crippen LogP contribution in [-0.2, 0) is 0 Å². The van der Waals surface area contributed by atoms with Gasteiger partial charge in [0.1, 0.15) is 11.0 Å². The normalized spacial score (nSPS) is 10.8. The Hall–Kier alpha value is -2.22. The monoisotopic (exact) mass is 233 g/mol. The lowest BCUT2D eigenvalue weighted by Gasteiger charge is -2.01. The molecule has 4 N–H and O–H groups in total. The summed E-state index contributed by atoms with van der Waals surface area (Å²) in [4.78, 5) is 4.03. The van der Waals surface area contributed by atoms with Crippen molar-refractivity contribution < 1.29 is 0 Å². The summed E-state index contributed by atoms with van der Waals surface area (Å²) in [5.41, 5.74) is 2.35. The van der Waals surface area contributed by atoms with Gasteiger partial charge in [0.15, 0.2) is 0 Å². The molecule has 80 valence electrons. The summed E-state index contributed by atoms with van der Waals surface area (Å²) in [5, 5.41) is 19.2. The third-order valence-corrected chi connectivity index (χ3v) is 2.29. The van der Waals surface area contributed by atoms with Gasteiger partial charge < -0.3 is 5.32 Å². The van der Waals surface area contributed by atoms with Crippen LogP contribution in [0.2, 0.25) is 0 Å². The highest BCUT2D eigenvalue weighted by Gasteiger charge is 2.05. The molecule has 0 aliphatic carbocycles. The van der Waals surface area contributed by atoms with Crippen LogP contribution in [0.4, 0.5) is 11.6 Å². The third-order valence-electron chi connectivity index (χ3n) is 2.10. The van der Waals surface area contributed by atoms with Gasteiger partial charge in [-0.1, -0.05) is 6.07 Å². The standard InChI is InChI=1S/C8H7N7S/c16-8-10-7(13-14-8)9-4-2-1-3-5-6(4)12-15-11-5/h1-3H,(H,11,12,15)(H3,9,10,13,14,16). The van der Waals surface area contributed by atoms with E-state index < -0.39 is 0 Å². The largest absolute Gasteiger partial charge is 0.323 e. The van der Waals surface area contributed by atoms with Gasteiger partial charge in [-0.25, -0.2) is 0 Å². The van der Waals surface area contributed by atoms with Crippen molar-refractivity contribution in [3.63, 3.8) is 0 Å². The van der Waals surface area contributed by atoms with E-state index in [0.29, 0.717) is 10.7 Å². The number of anilines is 2. The topological polar surface area (TPSA) is 98.1 Å². The highest BCUT2D eigenvalue weighted by molar-refractivity contribution is 7.71. The Balaban J connectivity index is 2.06. The van der Waals surface area contributed by atoms with E-state index in [1.165, 1.54) is 0 Å². The Labute approximate surface area is 94.3 Å². The minimum atomic E-state index is 0.398. The van der Waals surface area contributed by atoms with E-state index in [2.05, 4.69) is 35.9 Å². The molecule has 0 spiro atoms. The Kier molecular flexibility index (Phi) is 1.93. The highest BCUT2D eigenvalue weighted by Crippen LogP contribution is 2.20. The van der Waals surface area contributed by atoms with Crippen LogP contribution in [0.5, 0.6) is 0 Å². The maximum absolute atomic E-state index is 4.86. The lowest BCUT2D eigenvalue weighted by molar-refractivity contribution is 0.959. The molecule has 0 aliphatic rings. The van der Waals surface area contributed by atoms with Crippen LogP contribution < -0.4 is 5.32 Å². The Morgan fingerprint density at radius 1 is 1.19 bits per heavy atom. The fourth-order valence-corrected chi connectivity index (χ4v) is 1.57. The molecule has 0 amide bonds. The summed E-state index contributed by atoms with van der Waals surface area (Å²) < 4.78 is 0.398. The maximum Gasteiger partial charge on any atom is 0.222 e. The van der Waals surface area contributed by atoms with Crippen LogP contribution in [0.15, 0.2) is 18.2 Å². The predicted molar refractivity (Wildman–Crippen MR) is 60.9 cm³/mol. The van der Waals surface area contributed by atoms with Gasteiger partial charge >= 0.3 is 0 Å². The smallest absolute Gasteiger partial charge is 0.222 e. The first-order valence-corrected chi connectivity index (χ1v) is 4.95. The zero-order valence-corrected chi connectivity index (χ0v) is 8.80. The summed E-state index contributed by atoms with van der Waals surface area (Å²) in [6.07, 6.45) is 0. The van der Waals surface area contributed by atoms with E-state index in [9.17, 15) is 0 Å². The molecule has 0 saturated heterocycles. The first-order valence-electron chi connectivity index (χ1n) is 4.54. The van der Waals surface area contributed by atoms with E-state index in [0.717, 1.165) is 16.7 Å². The van der Waals surface area contributed by atoms with Crippen molar-refractivity contribution in [3.05, 3.63) is 23.0 Å². The van der Waals surface area contributed by atoms with Crippen LogP contribution in [-0.4, -0.2) is 30.6 Å². The number of benzene rings is 1. The molecule has 0 bridgehead atoms. The Bertz CT molecular complexity index is 679. The number of nitrogens with zero attached hydrogens (tertiary/aromatic N) is 3. The fraction of sp³-hybridized carbons (Fsp3) is 0. The van der Waals surface area contributed by atoms with Gasteiger partial charge in [0.2, 0.25) is 10.7 Å². The van der Waals surface area contributed by atoms with Gasteiger partial charge in [0.25, 0.3) is 0 Å². The van der Waals surface area contributed by atoms with E-state index in [-0.39, 0.29) is 0 Å². The molecule has 16 heavy (non-hydrogen) atoms. The molecule has 0 radical (unpaired) electrons. The Morgan fingerprint density at radius 2 is 2.12 bits per heavy atom. The molecule has 0 unspecified atom stereocenters. The quantitative estimate of drug-likeness (QED) is 0.502. The second kappa shape index (κ2) is 3.42. The van der Waals surface area contributed by atoms with Crippen molar-refractivity contribution in [2.24, 2.45) is 0 Å². The molecule has 0 saturated carbocycles. The summed E-state index contributed by atoms with van der Waals surface area (Å²) in [5.74, 6) is 0.542. The van der Waals surface area contributed by atoms with E-state index in [1.54, 1.807) is 0 Å². The molecule has 0 fully saturated rings. The highest BCUT2D eigenvalue weighted by atomic mass is 32.1. The number of nitrogens with one attached hydrogen (secondary N) is 4. The molecule has 0 aliphatic heterocycles. The van der Waals surface area contributed by atoms with Crippen LogP contribution >= 0.6 is 12.2 Å². The number of hydrogen-bond donors (Lipinski definition) is 4. The average Bonchev–Trinajstić information content (AvgIpc) is 2.87. The zero-order chi connectivity index (χ0) is 11.0. The fourth-order valence-electron chi connectivity index (χ4n) is 1.43. The molecular weight excluding hydrogens is 226 g/mol. The van der Waals surface area contributed by atoms with Crippen LogP contribution in [0.25, 0.3) is 11.0 Å². The van der Waals surface area contributed by atoms with Gasteiger partial charge in [-0.2, -0.15) is 20.4 Å². The molecule has 8 heteroatoms. The van der Waals surface area contributed by atoms with Crippen molar-refractivity contribution in [2.45, 2.75) is 0 Å². The number of H-pyrrole nitrogens is 3. The third kappa shape index (κ3) is 1.44. The van der Waals surface area contributed by atoms with Gasteiger partial charge in [0.05, 0.1) is 5.69 Å². The van der Waals surface area contributed by atoms with Crippen molar-refractivity contribution >= 4 is 34.9 Å².